The number of carbonyl (C=O) groups excluding carboxylic acids is 2. The number of nitrogens with zero attached hydrogens (tertiary/aromatic N) is 1. The standard InChI is InChI=1S/C22H19F3N4O3S/c1-26-20(30)19-18(7-4-10-27-19)33-15-6-3-5-14(12-15)28-21(31)29-16-11-13(22(23,24)25)8-9-17(16)32-2/h3-12H,1-2H3,(H,26,30)(H2,28,29,31). The van der Waals surface area contributed by atoms with Gasteiger partial charge in [-0.1, -0.05) is 17.8 Å². The van der Waals surface area contributed by atoms with Gasteiger partial charge in [0.05, 0.1) is 18.4 Å². The molecule has 0 fully saturated rings. The molecule has 7 nitrogen and oxygen atoms in total. The van der Waals surface area contributed by atoms with Gasteiger partial charge in [-0.05, 0) is 48.5 Å². The fourth-order valence-electron chi connectivity index (χ4n) is 2.79. The van der Waals surface area contributed by atoms with E-state index in [-0.39, 0.29) is 23.0 Å². The van der Waals surface area contributed by atoms with Crippen LogP contribution in [0.1, 0.15) is 16.1 Å². The molecule has 0 saturated carbocycles. The van der Waals surface area contributed by atoms with Crippen molar-refractivity contribution < 1.29 is 27.5 Å². The van der Waals surface area contributed by atoms with Gasteiger partial charge in [0.2, 0.25) is 0 Å². The topological polar surface area (TPSA) is 92.4 Å². The van der Waals surface area contributed by atoms with E-state index in [1.807, 2.05) is 0 Å². The maximum absolute atomic E-state index is 13.0. The number of anilines is 2. The highest BCUT2D eigenvalue weighted by molar-refractivity contribution is 7.99. The van der Waals surface area contributed by atoms with Crippen molar-refractivity contribution in [3.05, 3.63) is 72.1 Å². The SMILES string of the molecule is CNC(=O)c1ncccc1Sc1cccc(NC(=O)Nc2cc(C(F)(F)F)ccc2OC)c1. The van der Waals surface area contributed by atoms with Crippen LogP contribution in [0, 0.1) is 0 Å². The summed E-state index contributed by atoms with van der Waals surface area (Å²) in [4.78, 5) is 29.9. The van der Waals surface area contributed by atoms with Gasteiger partial charge >= 0.3 is 12.2 Å². The third-order valence-electron chi connectivity index (χ3n) is 4.31. The highest BCUT2D eigenvalue weighted by Gasteiger charge is 2.31. The van der Waals surface area contributed by atoms with Gasteiger partial charge < -0.3 is 20.7 Å². The smallest absolute Gasteiger partial charge is 0.416 e. The molecular formula is C22H19F3N4O3S. The number of halogens is 3. The fraction of sp³-hybridized carbons (Fsp3) is 0.136. The second kappa shape index (κ2) is 10.3. The number of aromatic nitrogens is 1. The molecule has 0 unspecified atom stereocenters. The van der Waals surface area contributed by atoms with Crippen molar-refractivity contribution in [3.63, 3.8) is 0 Å². The predicted molar refractivity (Wildman–Crippen MR) is 119 cm³/mol. The van der Waals surface area contributed by atoms with Crippen molar-refractivity contribution in [2.45, 2.75) is 16.0 Å². The van der Waals surface area contributed by atoms with E-state index in [0.29, 0.717) is 15.5 Å². The lowest BCUT2D eigenvalue weighted by Gasteiger charge is -2.14. The first-order valence-corrected chi connectivity index (χ1v) is 10.3. The highest BCUT2D eigenvalue weighted by Crippen LogP contribution is 2.35. The largest absolute Gasteiger partial charge is 0.495 e. The zero-order chi connectivity index (χ0) is 24.0. The van der Waals surface area contributed by atoms with Crippen LogP contribution in [0.15, 0.2) is 70.6 Å². The van der Waals surface area contributed by atoms with Crippen molar-refractivity contribution in [1.82, 2.24) is 10.3 Å². The van der Waals surface area contributed by atoms with Crippen LogP contribution < -0.4 is 20.7 Å². The Hall–Kier alpha value is -3.73. The zero-order valence-corrected chi connectivity index (χ0v) is 18.3. The van der Waals surface area contributed by atoms with Crippen molar-refractivity contribution in [1.29, 1.82) is 0 Å². The number of methoxy groups -OCH3 is 1. The van der Waals surface area contributed by atoms with Crippen molar-refractivity contribution in [2.75, 3.05) is 24.8 Å². The Labute approximate surface area is 191 Å². The lowest BCUT2D eigenvalue weighted by molar-refractivity contribution is -0.137. The molecule has 172 valence electrons. The Balaban J connectivity index is 1.75. The van der Waals surface area contributed by atoms with E-state index < -0.39 is 17.8 Å². The summed E-state index contributed by atoms with van der Waals surface area (Å²) in [5.74, 6) is -0.248. The number of nitrogens with one attached hydrogen (secondary N) is 3. The van der Waals surface area contributed by atoms with E-state index in [9.17, 15) is 22.8 Å². The summed E-state index contributed by atoms with van der Waals surface area (Å²) in [7, 11) is 2.80. The van der Waals surface area contributed by atoms with Gasteiger partial charge in [0.1, 0.15) is 11.4 Å². The molecule has 3 amide bonds. The van der Waals surface area contributed by atoms with E-state index in [1.54, 1.807) is 36.4 Å². The Morgan fingerprint density at radius 3 is 2.52 bits per heavy atom. The maximum Gasteiger partial charge on any atom is 0.416 e. The molecule has 2 aromatic carbocycles. The Morgan fingerprint density at radius 1 is 1.03 bits per heavy atom. The highest BCUT2D eigenvalue weighted by atomic mass is 32.2. The third kappa shape index (κ3) is 6.16. The Bertz CT molecular complexity index is 1170. The molecule has 0 aliphatic rings. The quantitative estimate of drug-likeness (QED) is 0.451. The fourth-order valence-corrected chi connectivity index (χ4v) is 3.77. The number of urea groups is 1. The maximum atomic E-state index is 13.0. The second-order valence-electron chi connectivity index (χ2n) is 6.55. The van der Waals surface area contributed by atoms with Crippen LogP contribution in [0.5, 0.6) is 5.75 Å². The number of ether oxygens (including phenoxy) is 1. The molecule has 0 spiro atoms. The Kier molecular flexibility index (Phi) is 7.44. The molecule has 3 aromatic rings. The zero-order valence-electron chi connectivity index (χ0n) is 17.5. The van der Waals surface area contributed by atoms with Crippen LogP contribution in [0.4, 0.5) is 29.3 Å². The first-order valence-electron chi connectivity index (χ1n) is 9.49. The average Bonchev–Trinajstić information content (AvgIpc) is 2.78. The number of carbonyl (C=O) groups is 2. The lowest BCUT2D eigenvalue weighted by Crippen LogP contribution is -2.20. The molecule has 0 radical (unpaired) electrons. The number of amides is 3. The molecule has 1 aromatic heterocycles. The molecule has 0 aliphatic heterocycles. The minimum absolute atomic E-state index is 0.0840. The van der Waals surface area contributed by atoms with Gasteiger partial charge in [-0.15, -0.1) is 0 Å². The van der Waals surface area contributed by atoms with Crippen LogP contribution in [0.2, 0.25) is 0 Å². The molecule has 0 aliphatic carbocycles. The lowest BCUT2D eigenvalue weighted by atomic mass is 10.2. The number of benzene rings is 2. The predicted octanol–water partition coefficient (Wildman–Crippen LogP) is 5.26. The Morgan fingerprint density at radius 2 is 1.82 bits per heavy atom. The number of hydrogen-bond acceptors (Lipinski definition) is 5. The number of rotatable bonds is 6. The molecule has 0 atom stereocenters. The summed E-state index contributed by atoms with van der Waals surface area (Å²) >= 11 is 1.27. The third-order valence-corrected chi connectivity index (χ3v) is 5.35. The van der Waals surface area contributed by atoms with Gasteiger partial charge in [0, 0.05) is 28.7 Å². The number of pyridine rings is 1. The summed E-state index contributed by atoms with van der Waals surface area (Å²) in [6, 6.07) is 12.3. The van der Waals surface area contributed by atoms with Crippen LogP contribution in [-0.4, -0.2) is 31.1 Å². The van der Waals surface area contributed by atoms with Crippen LogP contribution in [-0.2, 0) is 6.18 Å². The monoisotopic (exact) mass is 476 g/mol. The van der Waals surface area contributed by atoms with Crippen molar-refractivity contribution in [3.8, 4) is 5.75 Å². The molecule has 3 rings (SSSR count). The van der Waals surface area contributed by atoms with E-state index in [4.69, 9.17) is 4.74 Å². The van der Waals surface area contributed by atoms with Crippen LogP contribution in [0.25, 0.3) is 0 Å². The van der Waals surface area contributed by atoms with E-state index in [0.717, 1.165) is 18.2 Å². The van der Waals surface area contributed by atoms with Gasteiger partial charge in [0.15, 0.2) is 0 Å². The summed E-state index contributed by atoms with van der Waals surface area (Å²) in [6.45, 7) is 0. The molecule has 1 heterocycles. The minimum atomic E-state index is -4.56. The van der Waals surface area contributed by atoms with Crippen LogP contribution >= 0.6 is 11.8 Å². The second-order valence-corrected chi connectivity index (χ2v) is 7.67. The summed E-state index contributed by atoms with van der Waals surface area (Å²) in [5.41, 5.74) is -0.382. The molecule has 0 saturated heterocycles. The van der Waals surface area contributed by atoms with E-state index in [1.165, 1.54) is 32.1 Å². The summed E-state index contributed by atoms with van der Waals surface area (Å²) in [5, 5.41) is 7.49. The minimum Gasteiger partial charge on any atom is -0.495 e. The number of alkyl halides is 3. The van der Waals surface area contributed by atoms with Gasteiger partial charge in [-0.2, -0.15) is 13.2 Å². The normalized spacial score (nSPS) is 10.9. The van der Waals surface area contributed by atoms with Gasteiger partial charge in [-0.3, -0.25) is 4.79 Å². The van der Waals surface area contributed by atoms with E-state index in [2.05, 4.69) is 20.9 Å². The van der Waals surface area contributed by atoms with E-state index >= 15 is 0 Å². The van der Waals surface area contributed by atoms with Gasteiger partial charge in [0.25, 0.3) is 5.91 Å². The average molecular weight is 476 g/mol. The molecule has 11 heteroatoms. The molecular weight excluding hydrogens is 457 g/mol. The summed E-state index contributed by atoms with van der Waals surface area (Å²) in [6.07, 6.45) is -3.05. The molecule has 0 bridgehead atoms. The van der Waals surface area contributed by atoms with Gasteiger partial charge in [-0.25, -0.2) is 9.78 Å². The molecule has 33 heavy (non-hydrogen) atoms. The molecule has 3 N–H and O–H groups in total. The first kappa shape index (κ1) is 23.9. The van der Waals surface area contributed by atoms with Crippen molar-refractivity contribution >= 4 is 35.1 Å². The number of hydrogen-bond donors (Lipinski definition) is 3. The van der Waals surface area contributed by atoms with Crippen LogP contribution in [0.3, 0.4) is 0 Å². The first-order chi connectivity index (χ1) is 15.7. The van der Waals surface area contributed by atoms with Crippen molar-refractivity contribution in [2.24, 2.45) is 0 Å². The summed E-state index contributed by atoms with van der Waals surface area (Å²) < 4.78 is 44.1.